The van der Waals surface area contributed by atoms with Crippen molar-refractivity contribution in [2.45, 2.75) is 20.8 Å². The Balaban J connectivity index is 2.66. The van der Waals surface area contributed by atoms with Crippen LogP contribution in [-0.2, 0) is 0 Å². The average molecular weight is 330 g/mol. The Labute approximate surface area is 107 Å². The molecule has 2 aromatic heterocycles. The molecular weight excluding hydrogens is 319 g/mol. The highest BCUT2D eigenvalue weighted by molar-refractivity contribution is 14.1. The number of nitrogens with two attached hydrogens (primary N) is 1. The third kappa shape index (κ3) is 1.77. The monoisotopic (exact) mass is 330 g/mol. The van der Waals surface area contributed by atoms with E-state index in [1.54, 1.807) is 0 Å². The van der Waals surface area contributed by atoms with Gasteiger partial charge in [0.15, 0.2) is 5.82 Å². The van der Waals surface area contributed by atoms with Gasteiger partial charge < -0.3 is 10.3 Å². The molecule has 0 saturated heterocycles. The topological polar surface area (TPSA) is 77.8 Å². The summed E-state index contributed by atoms with van der Waals surface area (Å²) in [5.74, 6) is 1.77. The molecule has 0 radical (unpaired) electrons. The minimum absolute atomic E-state index is 0.489. The number of hydrogen-bond donors (Lipinski definition) is 1. The molecule has 0 saturated carbocycles. The van der Waals surface area contributed by atoms with Gasteiger partial charge in [-0.2, -0.15) is 0 Å². The van der Waals surface area contributed by atoms with Crippen LogP contribution in [0.4, 0.5) is 5.82 Å². The predicted molar refractivity (Wildman–Crippen MR) is 68.9 cm³/mol. The lowest BCUT2D eigenvalue weighted by Gasteiger charge is -2.05. The van der Waals surface area contributed by atoms with Crippen LogP contribution in [0.15, 0.2) is 4.52 Å². The highest BCUT2D eigenvalue weighted by atomic mass is 127. The Morgan fingerprint density at radius 1 is 1.12 bits per heavy atom. The van der Waals surface area contributed by atoms with Crippen molar-refractivity contribution in [1.82, 2.24) is 15.1 Å². The number of rotatable bonds is 1. The molecule has 2 aromatic rings. The van der Waals surface area contributed by atoms with Crippen LogP contribution >= 0.6 is 22.6 Å². The summed E-state index contributed by atoms with van der Waals surface area (Å²) < 4.78 is 5.97. The zero-order valence-corrected chi connectivity index (χ0v) is 11.4. The Morgan fingerprint density at radius 2 is 1.81 bits per heavy atom. The predicted octanol–water partition coefficient (Wildman–Crippen LogP) is 2.24. The molecule has 2 rings (SSSR count). The van der Waals surface area contributed by atoms with Crippen molar-refractivity contribution in [2.75, 3.05) is 5.73 Å². The Morgan fingerprint density at radius 3 is 2.31 bits per heavy atom. The number of aromatic nitrogens is 3. The van der Waals surface area contributed by atoms with Crippen LogP contribution in [0.2, 0.25) is 0 Å². The molecule has 0 atom stereocenters. The van der Waals surface area contributed by atoms with Crippen molar-refractivity contribution in [2.24, 2.45) is 0 Å². The molecular formula is C10H11IN4O. The van der Waals surface area contributed by atoms with Crippen LogP contribution in [0.3, 0.4) is 0 Å². The first-order valence-electron chi connectivity index (χ1n) is 4.73. The molecule has 6 heteroatoms. The van der Waals surface area contributed by atoms with E-state index < -0.39 is 0 Å². The van der Waals surface area contributed by atoms with Crippen LogP contribution in [0.5, 0.6) is 0 Å². The van der Waals surface area contributed by atoms with E-state index in [1.165, 1.54) is 0 Å². The second-order valence-electron chi connectivity index (χ2n) is 3.53. The molecule has 0 amide bonds. The van der Waals surface area contributed by atoms with Crippen molar-refractivity contribution in [1.29, 1.82) is 0 Å². The van der Waals surface area contributed by atoms with Crippen LogP contribution in [0, 0.1) is 24.3 Å². The largest absolute Gasteiger partial charge is 0.383 e. The first-order valence-corrected chi connectivity index (χ1v) is 5.81. The normalized spacial score (nSPS) is 10.8. The Bertz CT molecular complexity index is 507. The maximum absolute atomic E-state index is 5.82. The van der Waals surface area contributed by atoms with Gasteiger partial charge in [0.1, 0.15) is 11.6 Å². The Hall–Kier alpha value is -1.18. The molecule has 16 heavy (non-hydrogen) atoms. The number of nitrogen functional groups attached to an aromatic ring is 1. The fourth-order valence-electron chi connectivity index (χ4n) is 1.50. The van der Waals surface area contributed by atoms with Gasteiger partial charge in [0.2, 0.25) is 0 Å². The third-order valence-electron chi connectivity index (χ3n) is 2.30. The minimum Gasteiger partial charge on any atom is -0.383 e. The van der Waals surface area contributed by atoms with E-state index in [1.807, 2.05) is 20.8 Å². The van der Waals surface area contributed by atoms with E-state index >= 15 is 0 Å². The van der Waals surface area contributed by atoms with E-state index in [-0.39, 0.29) is 0 Å². The number of nitrogens with zero attached hydrogens (tertiary/aromatic N) is 3. The zero-order chi connectivity index (χ0) is 11.9. The molecule has 84 valence electrons. The van der Waals surface area contributed by atoms with Gasteiger partial charge in [0, 0.05) is 0 Å². The van der Waals surface area contributed by atoms with E-state index in [9.17, 15) is 0 Å². The van der Waals surface area contributed by atoms with Crippen molar-refractivity contribution in [3.63, 3.8) is 0 Å². The fourth-order valence-corrected chi connectivity index (χ4v) is 1.74. The quantitative estimate of drug-likeness (QED) is 0.812. The van der Waals surface area contributed by atoms with Crippen molar-refractivity contribution in [3.05, 3.63) is 20.7 Å². The molecule has 0 unspecified atom stereocenters. The fraction of sp³-hybridized carbons (Fsp3) is 0.300. The Kier molecular flexibility index (Phi) is 2.83. The van der Waals surface area contributed by atoms with Gasteiger partial charge in [-0.1, -0.05) is 5.16 Å². The number of hydrogen-bond acceptors (Lipinski definition) is 5. The molecule has 2 heterocycles. The molecule has 0 spiro atoms. The van der Waals surface area contributed by atoms with E-state index in [2.05, 4.69) is 37.7 Å². The van der Waals surface area contributed by atoms with Crippen LogP contribution in [0.25, 0.3) is 11.4 Å². The van der Waals surface area contributed by atoms with Crippen LogP contribution in [0.1, 0.15) is 17.1 Å². The summed E-state index contributed by atoms with van der Waals surface area (Å²) in [5, 5.41) is 3.88. The molecule has 5 nitrogen and oxygen atoms in total. The summed E-state index contributed by atoms with van der Waals surface area (Å²) in [6.07, 6.45) is 0. The maximum Gasteiger partial charge on any atom is 0.167 e. The standard InChI is InChI=1S/C10H11IN4O/c1-4-7(6(3)16-15-4)10-13-5(2)8(11)9(12)14-10/h1-3H3,(H2,12,13,14). The molecule has 0 aliphatic heterocycles. The van der Waals surface area contributed by atoms with E-state index in [0.29, 0.717) is 17.4 Å². The summed E-state index contributed by atoms with van der Waals surface area (Å²) in [6.45, 7) is 5.60. The lowest BCUT2D eigenvalue weighted by atomic mass is 10.2. The smallest absolute Gasteiger partial charge is 0.167 e. The summed E-state index contributed by atoms with van der Waals surface area (Å²) in [6, 6.07) is 0. The number of anilines is 1. The van der Waals surface area contributed by atoms with Gasteiger partial charge >= 0.3 is 0 Å². The van der Waals surface area contributed by atoms with Crippen LogP contribution in [-0.4, -0.2) is 15.1 Å². The number of aryl methyl sites for hydroxylation is 3. The second-order valence-corrected chi connectivity index (χ2v) is 4.61. The van der Waals surface area contributed by atoms with Crippen molar-refractivity contribution < 1.29 is 4.52 Å². The first kappa shape index (κ1) is 11.3. The highest BCUT2D eigenvalue weighted by Crippen LogP contribution is 2.26. The molecule has 0 bridgehead atoms. The van der Waals surface area contributed by atoms with E-state index in [0.717, 1.165) is 20.5 Å². The molecule has 0 aliphatic carbocycles. The van der Waals surface area contributed by atoms with Crippen molar-refractivity contribution in [3.8, 4) is 11.4 Å². The maximum atomic E-state index is 5.82. The minimum atomic E-state index is 0.489. The van der Waals surface area contributed by atoms with E-state index in [4.69, 9.17) is 10.3 Å². The SMILES string of the molecule is Cc1nc(-c2c(C)noc2C)nc(N)c1I. The van der Waals surface area contributed by atoms with Gasteiger partial charge in [-0.05, 0) is 43.4 Å². The van der Waals surface area contributed by atoms with Gasteiger partial charge in [-0.25, -0.2) is 9.97 Å². The summed E-state index contributed by atoms with van der Waals surface area (Å²) >= 11 is 2.13. The van der Waals surface area contributed by atoms with Gasteiger partial charge in [-0.3, -0.25) is 0 Å². The summed E-state index contributed by atoms with van der Waals surface area (Å²) in [4.78, 5) is 8.66. The third-order valence-corrected chi connectivity index (χ3v) is 3.63. The molecule has 0 aromatic carbocycles. The number of halogens is 1. The first-order chi connectivity index (χ1) is 7.50. The molecule has 0 fully saturated rings. The lowest BCUT2D eigenvalue weighted by Crippen LogP contribution is -2.02. The molecule has 0 aliphatic rings. The highest BCUT2D eigenvalue weighted by Gasteiger charge is 2.16. The van der Waals surface area contributed by atoms with Gasteiger partial charge in [0.05, 0.1) is 20.5 Å². The summed E-state index contributed by atoms with van der Waals surface area (Å²) in [7, 11) is 0. The summed E-state index contributed by atoms with van der Waals surface area (Å²) in [5.41, 5.74) is 8.28. The van der Waals surface area contributed by atoms with Crippen LogP contribution < -0.4 is 5.73 Å². The second kappa shape index (κ2) is 4.00. The average Bonchev–Trinajstić information content (AvgIpc) is 2.54. The van der Waals surface area contributed by atoms with Crippen molar-refractivity contribution >= 4 is 28.4 Å². The zero-order valence-electron chi connectivity index (χ0n) is 9.21. The molecule has 2 N–H and O–H groups in total. The van der Waals surface area contributed by atoms with Gasteiger partial charge in [-0.15, -0.1) is 0 Å². The van der Waals surface area contributed by atoms with Gasteiger partial charge in [0.25, 0.3) is 0 Å². The lowest BCUT2D eigenvalue weighted by molar-refractivity contribution is 0.393.